The molecule has 0 spiro atoms. The van der Waals surface area contributed by atoms with Crippen LogP contribution < -0.4 is 4.90 Å². The molecule has 3 heterocycles. The molecule has 3 aromatic rings. The minimum absolute atomic E-state index is 0.0220. The van der Waals surface area contributed by atoms with Crippen molar-refractivity contribution >= 4 is 50.1 Å². The van der Waals surface area contributed by atoms with E-state index in [1.165, 1.54) is 11.8 Å². The zero-order valence-electron chi connectivity index (χ0n) is 18.4. The van der Waals surface area contributed by atoms with Gasteiger partial charge in [-0.3, -0.25) is 19.3 Å². The number of aromatic nitrogens is 1. The summed E-state index contributed by atoms with van der Waals surface area (Å²) < 4.78 is 23.3. The van der Waals surface area contributed by atoms with Gasteiger partial charge in [-0.2, -0.15) is 0 Å². The van der Waals surface area contributed by atoms with E-state index in [0.29, 0.717) is 28.0 Å². The molecule has 0 atom stereocenters. The Balaban J connectivity index is 1.44. The fourth-order valence-electron chi connectivity index (χ4n) is 4.29. The van der Waals surface area contributed by atoms with E-state index in [1.54, 1.807) is 65.6 Å². The van der Waals surface area contributed by atoms with Gasteiger partial charge in [-0.15, -0.1) is 0 Å². The number of sulfone groups is 1. The number of hydrogen-bond acceptors (Lipinski definition) is 6. The summed E-state index contributed by atoms with van der Waals surface area (Å²) in [5, 5.41) is 0.738. The molecule has 2 aromatic carbocycles. The number of benzene rings is 2. The summed E-state index contributed by atoms with van der Waals surface area (Å²) in [5.74, 6) is -0.761. The van der Waals surface area contributed by atoms with Gasteiger partial charge in [0.15, 0.2) is 9.84 Å². The Labute approximate surface area is 196 Å². The second-order valence-electron chi connectivity index (χ2n) is 8.32. The number of para-hydroxylation sites is 1. The maximum atomic E-state index is 12.9. The summed E-state index contributed by atoms with van der Waals surface area (Å²) in [6.45, 7) is 1.79. The molecule has 0 radical (unpaired) electrons. The molecule has 0 N–H and O–H groups in total. The monoisotopic (exact) mass is 475 g/mol. The van der Waals surface area contributed by atoms with Crippen LogP contribution in [0.5, 0.6) is 0 Å². The van der Waals surface area contributed by atoms with Crippen LogP contribution in [0.15, 0.2) is 60.3 Å². The lowest BCUT2D eigenvalue weighted by Crippen LogP contribution is -2.43. The largest absolute Gasteiger partial charge is 0.337 e. The molecule has 5 rings (SSSR count). The molecular formula is C25H21N3O5S. The minimum Gasteiger partial charge on any atom is -0.337 e. The van der Waals surface area contributed by atoms with Gasteiger partial charge in [-0.1, -0.05) is 18.2 Å². The number of pyridine rings is 1. The first kappa shape index (κ1) is 22.0. The van der Waals surface area contributed by atoms with Gasteiger partial charge in [-0.25, -0.2) is 13.4 Å². The topological polar surface area (TPSA) is 105 Å². The Kier molecular flexibility index (Phi) is 5.28. The van der Waals surface area contributed by atoms with Gasteiger partial charge in [-0.05, 0) is 42.5 Å². The highest BCUT2D eigenvalue weighted by Gasteiger charge is 2.34. The number of carbonyl (C=O) groups excluding carboxylic acids is 3. The quantitative estimate of drug-likeness (QED) is 0.528. The highest BCUT2D eigenvalue weighted by molar-refractivity contribution is 7.91. The van der Waals surface area contributed by atoms with E-state index < -0.39 is 9.84 Å². The molecule has 0 saturated carbocycles. The Bertz CT molecular complexity index is 1500. The van der Waals surface area contributed by atoms with Crippen LogP contribution in [0.4, 0.5) is 5.69 Å². The number of carbonyl (C=O) groups is 3. The standard InChI is InChI=1S/C25H21N3O5S/c1-16(29)28-22-5-3-2-4-20(22)24(30)23(28)15-19-8-6-17-14-18(7-9-21(17)26-19)25(31)27-10-12-34(32,33)13-11-27/h2-9,14-15H,10-13H2,1H3/b23-15-. The summed E-state index contributed by atoms with van der Waals surface area (Å²) in [4.78, 5) is 45.6. The summed E-state index contributed by atoms with van der Waals surface area (Å²) in [6.07, 6.45) is 1.59. The molecule has 34 heavy (non-hydrogen) atoms. The van der Waals surface area contributed by atoms with Gasteiger partial charge in [0.1, 0.15) is 0 Å². The van der Waals surface area contributed by atoms with Crippen molar-refractivity contribution in [2.75, 3.05) is 29.5 Å². The van der Waals surface area contributed by atoms with Crippen LogP contribution in [0, 0.1) is 0 Å². The first-order valence-electron chi connectivity index (χ1n) is 10.8. The zero-order valence-corrected chi connectivity index (χ0v) is 19.2. The van der Waals surface area contributed by atoms with Gasteiger partial charge < -0.3 is 4.90 Å². The lowest BCUT2D eigenvalue weighted by atomic mass is 10.1. The number of anilines is 1. The number of ketones is 1. The van der Waals surface area contributed by atoms with Crippen LogP contribution in [0.3, 0.4) is 0 Å². The van der Waals surface area contributed by atoms with Crippen molar-refractivity contribution in [3.05, 3.63) is 77.1 Å². The Morgan fingerprint density at radius 3 is 2.47 bits per heavy atom. The molecule has 0 aliphatic carbocycles. The Hall–Kier alpha value is -3.85. The lowest BCUT2D eigenvalue weighted by molar-refractivity contribution is -0.116. The van der Waals surface area contributed by atoms with Crippen molar-refractivity contribution in [2.24, 2.45) is 0 Å². The van der Waals surface area contributed by atoms with Crippen molar-refractivity contribution in [2.45, 2.75) is 6.92 Å². The second kappa shape index (κ2) is 8.18. The molecule has 9 heteroatoms. The summed E-state index contributed by atoms with van der Waals surface area (Å²) in [6, 6.07) is 15.6. The van der Waals surface area contributed by atoms with E-state index in [-0.39, 0.29) is 47.9 Å². The van der Waals surface area contributed by atoms with Crippen LogP contribution in [0.2, 0.25) is 0 Å². The van der Waals surface area contributed by atoms with Crippen molar-refractivity contribution in [3.63, 3.8) is 0 Å². The highest BCUT2D eigenvalue weighted by atomic mass is 32.2. The molecule has 1 aromatic heterocycles. The molecule has 172 valence electrons. The number of hydrogen-bond donors (Lipinski definition) is 0. The van der Waals surface area contributed by atoms with Crippen molar-refractivity contribution in [1.82, 2.24) is 9.88 Å². The van der Waals surface area contributed by atoms with E-state index in [2.05, 4.69) is 4.98 Å². The molecule has 8 nitrogen and oxygen atoms in total. The number of Topliss-reactive ketones (excluding diaryl/α,β-unsaturated/α-hetero) is 1. The third-order valence-electron chi connectivity index (χ3n) is 6.05. The molecule has 0 bridgehead atoms. The molecule has 0 unspecified atom stereocenters. The highest BCUT2D eigenvalue weighted by Crippen LogP contribution is 2.35. The average molecular weight is 476 g/mol. The third kappa shape index (κ3) is 3.88. The van der Waals surface area contributed by atoms with Crippen molar-refractivity contribution in [3.8, 4) is 0 Å². The molecule has 2 amide bonds. The Morgan fingerprint density at radius 2 is 1.74 bits per heavy atom. The molecular weight excluding hydrogens is 454 g/mol. The summed E-state index contributed by atoms with van der Waals surface area (Å²) in [7, 11) is -3.07. The van der Waals surface area contributed by atoms with E-state index in [9.17, 15) is 22.8 Å². The first-order valence-corrected chi connectivity index (χ1v) is 12.6. The van der Waals surface area contributed by atoms with E-state index in [4.69, 9.17) is 0 Å². The van der Waals surface area contributed by atoms with Gasteiger partial charge >= 0.3 is 0 Å². The summed E-state index contributed by atoms with van der Waals surface area (Å²) >= 11 is 0. The van der Waals surface area contributed by atoms with Crippen LogP contribution >= 0.6 is 0 Å². The first-order chi connectivity index (χ1) is 16.2. The van der Waals surface area contributed by atoms with E-state index >= 15 is 0 Å². The van der Waals surface area contributed by atoms with Gasteiger partial charge in [0, 0.05) is 36.5 Å². The zero-order chi connectivity index (χ0) is 24.0. The van der Waals surface area contributed by atoms with Crippen LogP contribution in [0.1, 0.15) is 33.3 Å². The molecule has 2 aliphatic rings. The Morgan fingerprint density at radius 1 is 1.00 bits per heavy atom. The maximum Gasteiger partial charge on any atom is 0.253 e. The van der Waals surface area contributed by atoms with Gasteiger partial charge in [0.05, 0.1) is 34.1 Å². The fourth-order valence-corrected chi connectivity index (χ4v) is 5.49. The number of amides is 2. The third-order valence-corrected chi connectivity index (χ3v) is 7.66. The molecule has 2 aliphatic heterocycles. The smallest absolute Gasteiger partial charge is 0.253 e. The lowest BCUT2D eigenvalue weighted by Gasteiger charge is -2.26. The van der Waals surface area contributed by atoms with Gasteiger partial charge in [0.2, 0.25) is 11.7 Å². The number of rotatable bonds is 2. The number of nitrogens with zero attached hydrogens (tertiary/aromatic N) is 3. The maximum absolute atomic E-state index is 12.9. The van der Waals surface area contributed by atoms with Crippen LogP contribution in [-0.4, -0.2) is 60.5 Å². The van der Waals surface area contributed by atoms with Crippen molar-refractivity contribution < 1.29 is 22.8 Å². The van der Waals surface area contributed by atoms with Crippen LogP contribution in [-0.2, 0) is 14.6 Å². The average Bonchev–Trinajstić information content (AvgIpc) is 3.10. The van der Waals surface area contributed by atoms with Crippen LogP contribution in [0.25, 0.3) is 17.0 Å². The summed E-state index contributed by atoms with van der Waals surface area (Å²) in [5.41, 5.74) is 2.87. The fraction of sp³-hybridized carbons (Fsp3) is 0.200. The number of fused-ring (bicyclic) bond motifs is 2. The van der Waals surface area contributed by atoms with E-state index in [1.807, 2.05) is 0 Å². The predicted octanol–water partition coefficient (Wildman–Crippen LogP) is 2.70. The van der Waals surface area contributed by atoms with Gasteiger partial charge in [0.25, 0.3) is 5.91 Å². The molecule has 1 fully saturated rings. The van der Waals surface area contributed by atoms with E-state index in [0.717, 1.165) is 5.39 Å². The SMILES string of the molecule is CC(=O)N1/C(=C\c2ccc3cc(C(=O)N4CCS(=O)(=O)CC4)ccc3n2)C(=O)c2ccccc21. The molecule has 1 saturated heterocycles. The van der Waals surface area contributed by atoms with Crippen molar-refractivity contribution in [1.29, 1.82) is 0 Å². The second-order valence-corrected chi connectivity index (χ2v) is 10.6. The minimum atomic E-state index is -3.07. The number of allylic oxidation sites excluding steroid dienone is 1. The predicted molar refractivity (Wildman–Crippen MR) is 128 cm³/mol. The normalized spacial score (nSPS) is 18.4.